The molecule has 2 aliphatic rings. The Morgan fingerprint density at radius 3 is 2.75 bits per heavy atom. The predicted molar refractivity (Wildman–Crippen MR) is 87.5 cm³/mol. The second-order valence-electron chi connectivity index (χ2n) is 5.87. The Morgan fingerprint density at radius 1 is 1.30 bits per heavy atom. The first kappa shape index (κ1) is 14.5. The third-order valence-corrected chi connectivity index (χ3v) is 6.52. The SMILES string of the molecule is O=C(CSC1CCCC1)N(CCc1cccs1)C1CC1. The number of nitrogens with zero attached hydrogens (tertiary/aromatic N) is 1. The van der Waals surface area contributed by atoms with Crippen LogP contribution >= 0.6 is 23.1 Å². The van der Waals surface area contributed by atoms with Crippen molar-refractivity contribution < 1.29 is 4.79 Å². The van der Waals surface area contributed by atoms with Gasteiger partial charge in [-0.1, -0.05) is 18.9 Å². The van der Waals surface area contributed by atoms with Crippen LogP contribution in [-0.2, 0) is 11.2 Å². The Hall–Kier alpha value is -0.480. The maximum Gasteiger partial charge on any atom is 0.232 e. The molecule has 0 atom stereocenters. The Bertz CT molecular complexity index is 422. The molecule has 0 spiro atoms. The number of rotatable bonds is 7. The molecule has 0 N–H and O–H groups in total. The summed E-state index contributed by atoms with van der Waals surface area (Å²) in [6.07, 6.45) is 8.79. The van der Waals surface area contributed by atoms with Crippen LogP contribution in [-0.4, -0.2) is 34.4 Å². The van der Waals surface area contributed by atoms with E-state index in [0.717, 1.165) is 18.2 Å². The van der Waals surface area contributed by atoms with E-state index >= 15 is 0 Å². The third-order valence-electron chi connectivity index (χ3n) is 4.23. The van der Waals surface area contributed by atoms with Crippen molar-refractivity contribution in [3.05, 3.63) is 22.4 Å². The van der Waals surface area contributed by atoms with E-state index in [2.05, 4.69) is 22.4 Å². The van der Waals surface area contributed by atoms with Crippen LogP contribution in [0.1, 0.15) is 43.4 Å². The predicted octanol–water partition coefficient (Wildman–Crippen LogP) is 3.96. The molecule has 1 amide bonds. The van der Waals surface area contributed by atoms with Gasteiger partial charge in [0.25, 0.3) is 0 Å². The van der Waals surface area contributed by atoms with Crippen molar-refractivity contribution in [3.63, 3.8) is 0 Å². The van der Waals surface area contributed by atoms with Gasteiger partial charge in [0.15, 0.2) is 0 Å². The summed E-state index contributed by atoms with van der Waals surface area (Å²) in [6.45, 7) is 0.912. The lowest BCUT2D eigenvalue weighted by Gasteiger charge is -2.22. The van der Waals surface area contributed by atoms with Gasteiger partial charge < -0.3 is 4.90 Å². The van der Waals surface area contributed by atoms with Crippen molar-refractivity contribution in [2.75, 3.05) is 12.3 Å². The number of amides is 1. The van der Waals surface area contributed by atoms with E-state index in [9.17, 15) is 4.79 Å². The molecule has 20 heavy (non-hydrogen) atoms. The van der Waals surface area contributed by atoms with Crippen LogP contribution in [0.15, 0.2) is 17.5 Å². The molecule has 1 heterocycles. The van der Waals surface area contributed by atoms with Crippen LogP contribution in [0.4, 0.5) is 0 Å². The van der Waals surface area contributed by atoms with Gasteiger partial charge >= 0.3 is 0 Å². The molecule has 2 nitrogen and oxygen atoms in total. The monoisotopic (exact) mass is 309 g/mol. The van der Waals surface area contributed by atoms with Gasteiger partial charge in [0.2, 0.25) is 5.91 Å². The molecular formula is C16H23NOS2. The summed E-state index contributed by atoms with van der Waals surface area (Å²) in [4.78, 5) is 16.0. The van der Waals surface area contributed by atoms with Crippen molar-refractivity contribution in [3.8, 4) is 0 Å². The second-order valence-corrected chi connectivity index (χ2v) is 8.19. The van der Waals surface area contributed by atoms with Crippen LogP contribution in [0, 0.1) is 0 Å². The van der Waals surface area contributed by atoms with Crippen molar-refractivity contribution in [2.24, 2.45) is 0 Å². The maximum absolute atomic E-state index is 12.4. The van der Waals surface area contributed by atoms with E-state index < -0.39 is 0 Å². The minimum atomic E-state index is 0.376. The van der Waals surface area contributed by atoms with Crippen molar-refractivity contribution in [2.45, 2.75) is 56.2 Å². The van der Waals surface area contributed by atoms with Crippen LogP contribution < -0.4 is 0 Å². The lowest BCUT2D eigenvalue weighted by Crippen LogP contribution is -2.36. The molecular weight excluding hydrogens is 286 g/mol. The Kier molecular flexibility index (Phi) is 5.05. The summed E-state index contributed by atoms with van der Waals surface area (Å²) >= 11 is 3.70. The fraction of sp³-hybridized carbons (Fsp3) is 0.688. The van der Waals surface area contributed by atoms with Crippen LogP contribution in [0.3, 0.4) is 0 Å². The number of carbonyl (C=O) groups is 1. The molecule has 1 aromatic heterocycles. The summed E-state index contributed by atoms with van der Waals surface area (Å²) in [6, 6.07) is 4.82. The minimum absolute atomic E-state index is 0.376. The van der Waals surface area contributed by atoms with Gasteiger partial charge in [-0.15, -0.1) is 23.1 Å². The zero-order valence-electron chi connectivity index (χ0n) is 11.9. The number of carbonyl (C=O) groups excluding carboxylic acids is 1. The normalized spacial score (nSPS) is 19.4. The highest BCUT2D eigenvalue weighted by atomic mass is 32.2. The van der Waals surface area contributed by atoms with Crippen LogP contribution in [0.2, 0.25) is 0 Å². The van der Waals surface area contributed by atoms with E-state index in [0.29, 0.717) is 17.7 Å². The van der Waals surface area contributed by atoms with E-state index in [-0.39, 0.29) is 0 Å². The lowest BCUT2D eigenvalue weighted by molar-refractivity contribution is -0.128. The highest BCUT2D eigenvalue weighted by Crippen LogP contribution is 2.31. The number of hydrogen-bond donors (Lipinski definition) is 0. The minimum Gasteiger partial charge on any atom is -0.339 e. The molecule has 2 saturated carbocycles. The van der Waals surface area contributed by atoms with Crippen molar-refractivity contribution in [1.82, 2.24) is 4.90 Å². The Morgan fingerprint density at radius 2 is 2.10 bits per heavy atom. The maximum atomic E-state index is 12.4. The van der Waals surface area contributed by atoms with Gasteiger partial charge in [-0.25, -0.2) is 0 Å². The highest BCUT2D eigenvalue weighted by molar-refractivity contribution is 8.00. The molecule has 0 radical (unpaired) electrons. The summed E-state index contributed by atoms with van der Waals surface area (Å²) in [7, 11) is 0. The van der Waals surface area contributed by atoms with Gasteiger partial charge in [-0.3, -0.25) is 4.79 Å². The topological polar surface area (TPSA) is 20.3 Å². The fourth-order valence-electron chi connectivity index (χ4n) is 2.91. The first-order valence-electron chi connectivity index (χ1n) is 7.76. The zero-order chi connectivity index (χ0) is 13.8. The summed E-state index contributed by atoms with van der Waals surface area (Å²) < 4.78 is 0. The van der Waals surface area contributed by atoms with Crippen molar-refractivity contribution in [1.29, 1.82) is 0 Å². The van der Waals surface area contributed by atoms with Crippen molar-refractivity contribution >= 4 is 29.0 Å². The average Bonchev–Trinajstić information content (AvgIpc) is 2.95. The first-order valence-corrected chi connectivity index (χ1v) is 9.69. The van der Waals surface area contributed by atoms with E-state index in [1.165, 1.54) is 43.4 Å². The number of thioether (sulfide) groups is 1. The summed E-state index contributed by atoms with van der Waals surface area (Å²) in [5.41, 5.74) is 0. The molecule has 0 aromatic carbocycles. The molecule has 0 aliphatic heterocycles. The largest absolute Gasteiger partial charge is 0.339 e. The molecule has 1 aromatic rings. The van der Waals surface area contributed by atoms with Crippen LogP contribution in [0.5, 0.6) is 0 Å². The zero-order valence-corrected chi connectivity index (χ0v) is 13.6. The number of hydrogen-bond acceptors (Lipinski definition) is 3. The average molecular weight is 310 g/mol. The third kappa shape index (κ3) is 4.01. The quantitative estimate of drug-likeness (QED) is 0.760. The Labute approximate surface area is 129 Å². The fourth-order valence-corrected chi connectivity index (χ4v) is 4.82. The molecule has 3 rings (SSSR count). The van der Waals surface area contributed by atoms with Gasteiger partial charge in [-0.2, -0.15) is 0 Å². The Balaban J connectivity index is 1.46. The van der Waals surface area contributed by atoms with Gasteiger partial charge in [-0.05, 0) is 43.6 Å². The number of thiophene rings is 1. The summed E-state index contributed by atoms with van der Waals surface area (Å²) in [5, 5.41) is 2.87. The van der Waals surface area contributed by atoms with E-state index in [4.69, 9.17) is 0 Å². The summed E-state index contributed by atoms with van der Waals surface area (Å²) in [5.74, 6) is 1.08. The molecule has 2 aliphatic carbocycles. The van der Waals surface area contributed by atoms with Gasteiger partial charge in [0.05, 0.1) is 5.75 Å². The second kappa shape index (κ2) is 6.99. The molecule has 0 bridgehead atoms. The van der Waals surface area contributed by atoms with E-state index in [1.54, 1.807) is 11.3 Å². The highest BCUT2D eigenvalue weighted by Gasteiger charge is 2.32. The molecule has 110 valence electrons. The molecule has 2 fully saturated rings. The smallest absolute Gasteiger partial charge is 0.232 e. The molecule has 4 heteroatoms. The lowest BCUT2D eigenvalue weighted by atomic mass is 10.3. The standard InChI is InChI=1S/C16H23NOS2/c18-16(12-20-14-4-1-2-5-14)17(13-7-8-13)10-9-15-6-3-11-19-15/h3,6,11,13-14H,1-2,4-5,7-10,12H2. The first-order chi connectivity index (χ1) is 9.83. The van der Waals surface area contributed by atoms with Gasteiger partial charge in [0, 0.05) is 22.7 Å². The molecule has 0 unspecified atom stereocenters. The van der Waals surface area contributed by atoms with Gasteiger partial charge in [0.1, 0.15) is 0 Å². The van der Waals surface area contributed by atoms with Crippen LogP contribution in [0.25, 0.3) is 0 Å². The molecule has 0 saturated heterocycles. The van der Waals surface area contributed by atoms with E-state index in [1.807, 2.05) is 11.8 Å².